The number of carbonyl (C=O) groups excluding carboxylic acids is 1. The number of benzene rings is 1. The van der Waals surface area contributed by atoms with E-state index in [9.17, 15) is 4.79 Å². The van der Waals surface area contributed by atoms with Crippen molar-refractivity contribution >= 4 is 5.91 Å². The molecule has 2 aliphatic heterocycles. The van der Waals surface area contributed by atoms with Gasteiger partial charge in [-0.3, -0.25) is 9.69 Å². The van der Waals surface area contributed by atoms with Gasteiger partial charge in [0.1, 0.15) is 5.76 Å². The molecule has 1 amide bonds. The topological polar surface area (TPSA) is 49.6 Å². The lowest BCUT2D eigenvalue weighted by Crippen LogP contribution is -2.57. The van der Waals surface area contributed by atoms with E-state index >= 15 is 0 Å². The lowest BCUT2D eigenvalue weighted by molar-refractivity contribution is -0.143. The van der Waals surface area contributed by atoms with Crippen molar-refractivity contribution < 1.29 is 9.32 Å². The van der Waals surface area contributed by atoms with E-state index in [0.717, 1.165) is 50.5 Å². The van der Waals surface area contributed by atoms with Gasteiger partial charge in [0.2, 0.25) is 5.91 Å². The van der Waals surface area contributed by atoms with Crippen molar-refractivity contribution in [2.45, 2.75) is 44.7 Å². The summed E-state index contributed by atoms with van der Waals surface area (Å²) in [5.41, 5.74) is 2.26. The number of piperidine rings is 1. The van der Waals surface area contributed by atoms with Crippen LogP contribution < -0.4 is 0 Å². The van der Waals surface area contributed by atoms with E-state index < -0.39 is 0 Å². The highest BCUT2D eigenvalue weighted by Gasteiger charge is 2.39. The lowest BCUT2D eigenvalue weighted by Gasteiger charge is -2.43. The van der Waals surface area contributed by atoms with Crippen LogP contribution in [0.2, 0.25) is 0 Å². The fraction of sp³-hybridized carbons (Fsp3) is 0.500. The quantitative estimate of drug-likeness (QED) is 0.859. The third kappa shape index (κ3) is 3.47. The minimum Gasteiger partial charge on any atom is -0.361 e. The maximum Gasteiger partial charge on any atom is 0.239 e. The summed E-state index contributed by atoms with van der Waals surface area (Å²) in [6.45, 7) is 5.30. The van der Waals surface area contributed by atoms with Crippen molar-refractivity contribution in [2.24, 2.45) is 0 Å². The lowest BCUT2D eigenvalue weighted by atomic mass is 9.93. The van der Waals surface area contributed by atoms with Crippen LogP contribution in [-0.2, 0) is 11.3 Å². The summed E-state index contributed by atoms with van der Waals surface area (Å²) in [4.78, 5) is 17.3. The van der Waals surface area contributed by atoms with Crippen molar-refractivity contribution in [1.82, 2.24) is 15.0 Å². The minimum atomic E-state index is 0.0222. The van der Waals surface area contributed by atoms with Crippen LogP contribution in [0.25, 0.3) is 0 Å². The molecule has 0 bridgehead atoms. The van der Waals surface area contributed by atoms with E-state index in [2.05, 4.69) is 34.3 Å². The highest BCUT2D eigenvalue weighted by Crippen LogP contribution is 2.30. The Bertz CT molecular complexity index is 722. The summed E-state index contributed by atoms with van der Waals surface area (Å²) in [7, 11) is 0. The molecular formula is C20H25N3O2. The normalized spacial score (nSPS) is 22.0. The van der Waals surface area contributed by atoms with Crippen molar-refractivity contribution in [2.75, 3.05) is 19.6 Å². The molecule has 0 spiro atoms. The van der Waals surface area contributed by atoms with Gasteiger partial charge >= 0.3 is 0 Å². The average Bonchev–Trinajstić information content (AvgIpc) is 3.01. The standard InChI is InChI=1S/C20H25N3O2/c1-15-11-18(21-25-15)17-13-23(14-17)20(24)19-9-5-6-10-22(19)12-16-7-3-2-4-8-16/h2-4,7-8,11,17,19H,5-6,9-10,12-14H2,1H3. The van der Waals surface area contributed by atoms with Crippen molar-refractivity contribution in [3.05, 3.63) is 53.4 Å². The molecule has 2 aromatic rings. The molecule has 0 aliphatic carbocycles. The first-order chi connectivity index (χ1) is 12.2. The third-order valence-electron chi connectivity index (χ3n) is 5.38. The molecule has 4 rings (SSSR count). The summed E-state index contributed by atoms with van der Waals surface area (Å²) in [5, 5.41) is 4.09. The van der Waals surface area contributed by atoms with Crippen LogP contribution in [0.4, 0.5) is 0 Å². The number of nitrogens with zero attached hydrogens (tertiary/aromatic N) is 3. The van der Waals surface area contributed by atoms with E-state index in [1.165, 1.54) is 12.0 Å². The predicted octanol–water partition coefficient (Wildman–Crippen LogP) is 2.96. The molecule has 1 aromatic carbocycles. The Morgan fingerprint density at radius 1 is 1.24 bits per heavy atom. The number of aryl methyl sites for hydroxylation is 1. The highest BCUT2D eigenvalue weighted by atomic mass is 16.5. The second-order valence-electron chi connectivity index (χ2n) is 7.27. The molecule has 1 aromatic heterocycles. The molecule has 1 atom stereocenters. The van der Waals surface area contributed by atoms with Gasteiger partial charge in [0.25, 0.3) is 0 Å². The number of rotatable bonds is 4. The maximum absolute atomic E-state index is 13.0. The summed E-state index contributed by atoms with van der Waals surface area (Å²) >= 11 is 0. The molecule has 25 heavy (non-hydrogen) atoms. The Labute approximate surface area is 148 Å². The molecule has 0 radical (unpaired) electrons. The summed E-state index contributed by atoms with van der Waals surface area (Å²) in [6, 6.07) is 12.5. The SMILES string of the molecule is Cc1cc(C2CN(C(=O)C3CCCCN3Cc3ccccc3)C2)no1. The van der Waals surface area contributed by atoms with E-state index in [4.69, 9.17) is 4.52 Å². The van der Waals surface area contributed by atoms with Crippen LogP contribution in [0.3, 0.4) is 0 Å². The van der Waals surface area contributed by atoms with Gasteiger partial charge < -0.3 is 9.42 Å². The monoisotopic (exact) mass is 339 g/mol. The minimum absolute atomic E-state index is 0.0222. The first kappa shape index (κ1) is 16.3. The zero-order chi connectivity index (χ0) is 17.2. The van der Waals surface area contributed by atoms with Gasteiger partial charge in [0.15, 0.2) is 0 Å². The largest absolute Gasteiger partial charge is 0.361 e. The van der Waals surface area contributed by atoms with Gasteiger partial charge in [-0.2, -0.15) is 0 Å². The summed E-state index contributed by atoms with van der Waals surface area (Å²) < 4.78 is 5.16. The first-order valence-electron chi connectivity index (χ1n) is 9.20. The molecule has 2 fully saturated rings. The Morgan fingerprint density at radius 2 is 2.04 bits per heavy atom. The number of amides is 1. The van der Waals surface area contributed by atoms with Gasteiger partial charge in [-0.15, -0.1) is 0 Å². The molecule has 132 valence electrons. The molecule has 3 heterocycles. The fourth-order valence-electron chi connectivity index (χ4n) is 3.91. The van der Waals surface area contributed by atoms with E-state index in [-0.39, 0.29) is 11.9 Å². The summed E-state index contributed by atoms with van der Waals surface area (Å²) in [6.07, 6.45) is 3.29. The van der Waals surface area contributed by atoms with Crippen LogP contribution in [0, 0.1) is 6.92 Å². The number of likely N-dealkylation sites (tertiary alicyclic amines) is 2. The summed E-state index contributed by atoms with van der Waals surface area (Å²) in [5.74, 6) is 1.45. The third-order valence-corrected chi connectivity index (χ3v) is 5.38. The van der Waals surface area contributed by atoms with Gasteiger partial charge in [0, 0.05) is 31.6 Å². The van der Waals surface area contributed by atoms with Crippen LogP contribution in [0.15, 0.2) is 40.9 Å². The van der Waals surface area contributed by atoms with Gasteiger partial charge in [-0.1, -0.05) is 41.9 Å². The molecule has 0 saturated carbocycles. The predicted molar refractivity (Wildman–Crippen MR) is 95.1 cm³/mol. The molecule has 5 nitrogen and oxygen atoms in total. The van der Waals surface area contributed by atoms with E-state index in [1.54, 1.807) is 0 Å². The van der Waals surface area contributed by atoms with Gasteiger partial charge in [-0.05, 0) is 31.9 Å². The second-order valence-corrected chi connectivity index (χ2v) is 7.27. The number of carbonyl (C=O) groups is 1. The first-order valence-corrected chi connectivity index (χ1v) is 9.20. The van der Waals surface area contributed by atoms with Crippen LogP contribution >= 0.6 is 0 Å². The molecule has 0 N–H and O–H groups in total. The zero-order valence-electron chi connectivity index (χ0n) is 14.7. The molecule has 2 saturated heterocycles. The molecular weight excluding hydrogens is 314 g/mol. The van der Waals surface area contributed by atoms with Crippen LogP contribution in [0.5, 0.6) is 0 Å². The second kappa shape index (κ2) is 7.00. The van der Waals surface area contributed by atoms with E-state index in [0.29, 0.717) is 5.92 Å². The molecule has 1 unspecified atom stereocenters. The van der Waals surface area contributed by atoms with E-state index in [1.807, 2.05) is 24.0 Å². The number of aromatic nitrogens is 1. The Balaban J connectivity index is 1.38. The Morgan fingerprint density at radius 3 is 2.76 bits per heavy atom. The number of hydrogen-bond donors (Lipinski definition) is 0. The van der Waals surface area contributed by atoms with Gasteiger partial charge in [-0.25, -0.2) is 0 Å². The van der Waals surface area contributed by atoms with Gasteiger partial charge in [0.05, 0.1) is 11.7 Å². The molecule has 5 heteroatoms. The van der Waals surface area contributed by atoms with Crippen LogP contribution in [-0.4, -0.2) is 46.5 Å². The fourth-order valence-corrected chi connectivity index (χ4v) is 3.91. The van der Waals surface area contributed by atoms with Crippen molar-refractivity contribution in [1.29, 1.82) is 0 Å². The Kier molecular flexibility index (Phi) is 4.57. The smallest absolute Gasteiger partial charge is 0.239 e. The average molecular weight is 339 g/mol. The van der Waals surface area contributed by atoms with Crippen LogP contribution in [0.1, 0.15) is 42.2 Å². The maximum atomic E-state index is 13.0. The molecule has 2 aliphatic rings. The van der Waals surface area contributed by atoms with Crippen molar-refractivity contribution in [3.63, 3.8) is 0 Å². The zero-order valence-corrected chi connectivity index (χ0v) is 14.7. The van der Waals surface area contributed by atoms with Crippen molar-refractivity contribution in [3.8, 4) is 0 Å². The Hall–Kier alpha value is -2.14. The number of hydrogen-bond acceptors (Lipinski definition) is 4. The highest BCUT2D eigenvalue weighted by molar-refractivity contribution is 5.83.